The van der Waals surface area contributed by atoms with Gasteiger partial charge < -0.3 is 4.90 Å². The molecule has 1 heterocycles. The maximum Gasteiger partial charge on any atom is 0.111 e. The zero-order chi connectivity index (χ0) is 14.4. The van der Waals surface area contributed by atoms with Gasteiger partial charge in [0.25, 0.3) is 0 Å². The average Bonchev–Trinajstić information content (AvgIpc) is 2.65. The number of unbranched alkanes of at least 4 members (excludes halogenated alkanes) is 1. The molecule has 0 radical (unpaired) electrons. The standard InChI is InChI=1S/C16H27N3/c1-7-8-9-13(2)10-15(4)18(6)12-19-16(5)11-14(3)17-19/h9-11H,7-8,12H2,1-6H3/b13-9-,15-10-. The monoisotopic (exact) mass is 261 g/mol. The molecule has 1 aromatic rings. The van der Waals surface area contributed by atoms with Crippen molar-refractivity contribution in [1.29, 1.82) is 0 Å². The summed E-state index contributed by atoms with van der Waals surface area (Å²) in [5.41, 5.74) is 4.87. The first kappa shape index (κ1) is 15.5. The lowest BCUT2D eigenvalue weighted by Crippen LogP contribution is -2.21. The third-order valence-corrected chi connectivity index (χ3v) is 3.24. The van der Waals surface area contributed by atoms with Gasteiger partial charge in [-0.1, -0.05) is 25.0 Å². The van der Waals surface area contributed by atoms with Crippen LogP contribution in [0.1, 0.15) is 45.0 Å². The minimum absolute atomic E-state index is 0.795. The van der Waals surface area contributed by atoms with Crippen LogP contribution in [0.5, 0.6) is 0 Å². The number of aromatic nitrogens is 2. The Morgan fingerprint density at radius 2 is 2.05 bits per heavy atom. The summed E-state index contributed by atoms with van der Waals surface area (Å²) < 4.78 is 2.04. The van der Waals surface area contributed by atoms with Gasteiger partial charge in [0.05, 0.1) is 5.69 Å². The molecule has 1 aromatic heterocycles. The molecule has 0 atom stereocenters. The van der Waals surface area contributed by atoms with E-state index in [9.17, 15) is 0 Å². The summed E-state index contributed by atoms with van der Waals surface area (Å²) in [6.45, 7) is 11.4. The van der Waals surface area contributed by atoms with E-state index in [0.29, 0.717) is 0 Å². The van der Waals surface area contributed by atoms with Crippen molar-refractivity contribution >= 4 is 0 Å². The Morgan fingerprint density at radius 3 is 2.58 bits per heavy atom. The van der Waals surface area contributed by atoms with E-state index in [1.807, 2.05) is 11.6 Å². The van der Waals surface area contributed by atoms with Crippen LogP contribution in [0.15, 0.2) is 29.5 Å². The first-order valence-electron chi connectivity index (χ1n) is 7.01. The summed E-state index contributed by atoms with van der Waals surface area (Å²) in [6.07, 6.45) is 6.88. The van der Waals surface area contributed by atoms with Crippen molar-refractivity contribution in [2.45, 2.75) is 54.1 Å². The van der Waals surface area contributed by atoms with Crippen molar-refractivity contribution in [1.82, 2.24) is 14.7 Å². The van der Waals surface area contributed by atoms with E-state index in [1.165, 1.54) is 23.4 Å². The summed E-state index contributed by atoms with van der Waals surface area (Å²) in [7, 11) is 2.11. The third kappa shape index (κ3) is 4.93. The quantitative estimate of drug-likeness (QED) is 0.721. The van der Waals surface area contributed by atoms with Gasteiger partial charge in [0.15, 0.2) is 0 Å². The van der Waals surface area contributed by atoms with E-state index >= 15 is 0 Å². The molecule has 0 fully saturated rings. The Morgan fingerprint density at radius 1 is 1.37 bits per heavy atom. The largest absolute Gasteiger partial charge is 0.359 e. The fourth-order valence-corrected chi connectivity index (χ4v) is 2.00. The molecular formula is C16H27N3. The predicted molar refractivity (Wildman–Crippen MR) is 81.9 cm³/mol. The molecule has 0 unspecified atom stereocenters. The van der Waals surface area contributed by atoms with Crippen molar-refractivity contribution in [3.05, 3.63) is 40.9 Å². The molecule has 3 nitrogen and oxygen atoms in total. The van der Waals surface area contributed by atoms with Crippen LogP contribution in [0.2, 0.25) is 0 Å². The number of hydrogen-bond acceptors (Lipinski definition) is 2. The number of allylic oxidation sites excluding steroid dienone is 4. The summed E-state index contributed by atoms with van der Waals surface area (Å²) in [5.74, 6) is 0. The van der Waals surface area contributed by atoms with E-state index in [4.69, 9.17) is 0 Å². The Kier molecular flexibility index (Phi) is 5.87. The molecule has 0 aliphatic heterocycles. The van der Waals surface area contributed by atoms with E-state index < -0.39 is 0 Å². The fraction of sp³-hybridized carbons (Fsp3) is 0.562. The molecule has 1 rings (SSSR count). The Labute approximate surface area is 117 Å². The molecule has 0 bridgehead atoms. The molecule has 0 N–H and O–H groups in total. The summed E-state index contributed by atoms with van der Waals surface area (Å²) in [4.78, 5) is 2.22. The lowest BCUT2D eigenvalue weighted by molar-refractivity contribution is 0.311. The zero-order valence-electron chi connectivity index (χ0n) is 13.2. The van der Waals surface area contributed by atoms with Crippen molar-refractivity contribution in [2.24, 2.45) is 0 Å². The average molecular weight is 261 g/mol. The molecular weight excluding hydrogens is 234 g/mol. The van der Waals surface area contributed by atoms with Crippen molar-refractivity contribution in [3.8, 4) is 0 Å². The van der Waals surface area contributed by atoms with Crippen molar-refractivity contribution < 1.29 is 0 Å². The van der Waals surface area contributed by atoms with Gasteiger partial charge in [0.2, 0.25) is 0 Å². The van der Waals surface area contributed by atoms with Crippen LogP contribution in [0.25, 0.3) is 0 Å². The van der Waals surface area contributed by atoms with Crippen LogP contribution in [0.3, 0.4) is 0 Å². The second-order valence-electron chi connectivity index (χ2n) is 5.29. The van der Waals surface area contributed by atoms with Crippen molar-refractivity contribution in [3.63, 3.8) is 0 Å². The Hall–Kier alpha value is -1.51. The van der Waals surface area contributed by atoms with Gasteiger partial charge >= 0.3 is 0 Å². The van der Waals surface area contributed by atoms with Gasteiger partial charge in [0, 0.05) is 18.4 Å². The SMILES string of the molecule is CCC/C=C(C)\C=C(\C)N(C)Cn1nc(C)cc1C. The molecule has 0 aliphatic carbocycles. The Balaban J connectivity index is 2.69. The van der Waals surface area contributed by atoms with Gasteiger partial charge in [0.1, 0.15) is 6.67 Å². The molecule has 106 valence electrons. The number of nitrogens with zero attached hydrogens (tertiary/aromatic N) is 3. The van der Waals surface area contributed by atoms with E-state index in [1.54, 1.807) is 0 Å². The maximum absolute atomic E-state index is 4.49. The maximum atomic E-state index is 4.49. The fourth-order valence-electron chi connectivity index (χ4n) is 2.00. The van der Waals surface area contributed by atoms with E-state index in [2.05, 4.69) is 63.0 Å². The van der Waals surface area contributed by atoms with Crippen LogP contribution in [-0.2, 0) is 6.67 Å². The summed E-state index contributed by atoms with van der Waals surface area (Å²) >= 11 is 0. The Bertz CT molecular complexity index is 466. The molecule has 0 aliphatic rings. The summed E-state index contributed by atoms with van der Waals surface area (Å²) in [6, 6.07) is 2.11. The first-order chi connectivity index (χ1) is 8.93. The molecule has 0 saturated carbocycles. The number of rotatable bonds is 6. The van der Waals surface area contributed by atoms with E-state index in [0.717, 1.165) is 18.8 Å². The van der Waals surface area contributed by atoms with Gasteiger partial charge in [-0.3, -0.25) is 0 Å². The van der Waals surface area contributed by atoms with Crippen molar-refractivity contribution in [2.75, 3.05) is 7.05 Å². The van der Waals surface area contributed by atoms with Crippen LogP contribution in [0, 0.1) is 13.8 Å². The molecule has 0 aromatic carbocycles. The third-order valence-electron chi connectivity index (χ3n) is 3.24. The minimum atomic E-state index is 0.795. The predicted octanol–water partition coefficient (Wildman–Crippen LogP) is 4.04. The topological polar surface area (TPSA) is 21.1 Å². The van der Waals surface area contributed by atoms with Gasteiger partial charge in [-0.25, -0.2) is 4.68 Å². The molecule has 0 saturated heterocycles. The molecule has 0 amide bonds. The smallest absolute Gasteiger partial charge is 0.111 e. The number of hydrogen-bond donors (Lipinski definition) is 0. The molecule has 0 spiro atoms. The van der Waals surface area contributed by atoms with Gasteiger partial charge in [-0.05, 0) is 46.3 Å². The second-order valence-corrected chi connectivity index (χ2v) is 5.29. The molecule has 3 heteroatoms. The molecule has 19 heavy (non-hydrogen) atoms. The lowest BCUT2D eigenvalue weighted by atomic mass is 10.2. The minimum Gasteiger partial charge on any atom is -0.359 e. The van der Waals surface area contributed by atoms with Crippen LogP contribution in [-0.4, -0.2) is 21.7 Å². The first-order valence-corrected chi connectivity index (χ1v) is 7.01. The highest BCUT2D eigenvalue weighted by molar-refractivity contribution is 5.19. The second kappa shape index (κ2) is 7.17. The highest BCUT2D eigenvalue weighted by Gasteiger charge is 2.04. The van der Waals surface area contributed by atoms with Crippen LogP contribution >= 0.6 is 0 Å². The number of aryl methyl sites for hydroxylation is 2. The summed E-state index contributed by atoms with van der Waals surface area (Å²) in [5, 5.41) is 4.49. The van der Waals surface area contributed by atoms with Crippen LogP contribution < -0.4 is 0 Å². The normalized spacial score (nSPS) is 12.9. The van der Waals surface area contributed by atoms with E-state index in [-0.39, 0.29) is 0 Å². The lowest BCUT2D eigenvalue weighted by Gasteiger charge is -2.21. The highest BCUT2D eigenvalue weighted by atomic mass is 15.4. The van der Waals surface area contributed by atoms with Gasteiger partial charge in [-0.15, -0.1) is 0 Å². The highest BCUT2D eigenvalue weighted by Crippen LogP contribution is 2.10. The van der Waals surface area contributed by atoms with Gasteiger partial charge in [-0.2, -0.15) is 5.10 Å². The van der Waals surface area contributed by atoms with Crippen LogP contribution in [0.4, 0.5) is 0 Å². The zero-order valence-corrected chi connectivity index (χ0v) is 13.2.